The lowest BCUT2D eigenvalue weighted by Crippen LogP contribution is -2.69. The average molecular weight is 468 g/mol. The molecule has 2 fully saturated rings. The van der Waals surface area contributed by atoms with E-state index in [9.17, 15) is 19.2 Å². The molecular weight excluding hydrogens is 444 g/mol. The number of hydrogen-bond acceptors (Lipinski definition) is 9. The van der Waals surface area contributed by atoms with Crippen LogP contribution in [0.5, 0.6) is 0 Å². The van der Waals surface area contributed by atoms with Crippen LogP contribution in [0.3, 0.4) is 0 Å². The zero-order valence-electron chi connectivity index (χ0n) is 19.2. The van der Waals surface area contributed by atoms with Gasteiger partial charge in [-0.2, -0.15) is 0 Å². The van der Waals surface area contributed by atoms with E-state index in [4.69, 9.17) is 23.0 Å². The van der Waals surface area contributed by atoms with Gasteiger partial charge in [-0.3, -0.25) is 9.59 Å². The molecule has 1 spiro atoms. The van der Waals surface area contributed by atoms with Crippen LogP contribution in [0.15, 0.2) is 57.7 Å². The Morgan fingerprint density at radius 2 is 1.50 bits per heavy atom. The number of carbonyl (C=O) groups excluding carboxylic acids is 4. The average Bonchev–Trinajstić information content (AvgIpc) is 3.52. The van der Waals surface area contributed by atoms with Gasteiger partial charge in [0.05, 0.1) is 40.6 Å². The van der Waals surface area contributed by atoms with Gasteiger partial charge in [0.1, 0.15) is 18.1 Å². The van der Waals surface area contributed by atoms with Crippen molar-refractivity contribution in [2.75, 3.05) is 0 Å². The van der Waals surface area contributed by atoms with Crippen molar-refractivity contribution in [3.8, 4) is 0 Å². The van der Waals surface area contributed by atoms with Gasteiger partial charge in [0.25, 0.3) is 0 Å². The summed E-state index contributed by atoms with van der Waals surface area (Å²) in [5.41, 5.74) is -2.79. The van der Waals surface area contributed by atoms with Crippen molar-refractivity contribution in [2.24, 2.45) is 11.3 Å². The smallest absolute Gasteiger partial charge is 0.342 e. The van der Waals surface area contributed by atoms with Gasteiger partial charge in [-0.05, 0) is 57.9 Å². The molecule has 0 radical (unpaired) electrons. The fraction of sp³-hybridized carbons (Fsp3) is 0.440. The molecule has 9 heteroatoms. The highest BCUT2D eigenvalue weighted by Crippen LogP contribution is 2.64. The van der Waals surface area contributed by atoms with Crippen molar-refractivity contribution < 1.29 is 42.2 Å². The minimum absolute atomic E-state index is 0.108. The van der Waals surface area contributed by atoms with Crippen LogP contribution in [0.25, 0.3) is 0 Å². The molecular formula is C25H24O9. The Morgan fingerprint density at radius 3 is 2.03 bits per heavy atom. The first-order valence-corrected chi connectivity index (χ1v) is 10.9. The van der Waals surface area contributed by atoms with E-state index in [0.717, 1.165) is 0 Å². The second kappa shape index (κ2) is 7.27. The number of hydrogen-bond donors (Lipinski definition) is 0. The lowest BCUT2D eigenvalue weighted by molar-refractivity contribution is -0.201. The summed E-state index contributed by atoms with van der Waals surface area (Å²) >= 11 is 0. The van der Waals surface area contributed by atoms with Crippen LogP contribution in [-0.4, -0.2) is 46.9 Å². The molecule has 3 heterocycles. The molecule has 2 aliphatic carbocycles. The highest BCUT2D eigenvalue weighted by Gasteiger charge is 2.76. The molecule has 1 saturated heterocycles. The Kier molecular flexibility index (Phi) is 4.77. The largest absolute Gasteiger partial charge is 0.472 e. The molecule has 2 aromatic heterocycles. The lowest BCUT2D eigenvalue weighted by Gasteiger charge is -2.55. The van der Waals surface area contributed by atoms with E-state index in [1.807, 2.05) is 0 Å². The van der Waals surface area contributed by atoms with Gasteiger partial charge in [0.2, 0.25) is 0 Å². The van der Waals surface area contributed by atoms with Crippen LogP contribution in [0.4, 0.5) is 0 Å². The van der Waals surface area contributed by atoms with E-state index < -0.39 is 52.5 Å². The minimum Gasteiger partial charge on any atom is -0.472 e. The third-order valence-corrected chi connectivity index (χ3v) is 7.55. The minimum atomic E-state index is -1.52. The molecule has 34 heavy (non-hydrogen) atoms. The van der Waals surface area contributed by atoms with Crippen molar-refractivity contribution in [1.29, 1.82) is 0 Å². The third kappa shape index (κ3) is 2.89. The van der Waals surface area contributed by atoms with Crippen molar-refractivity contribution >= 4 is 23.5 Å². The van der Waals surface area contributed by atoms with Crippen LogP contribution in [-0.2, 0) is 23.8 Å². The molecule has 3 aliphatic rings. The number of ketones is 2. The van der Waals surface area contributed by atoms with Gasteiger partial charge in [-0.25, -0.2) is 9.59 Å². The van der Waals surface area contributed by atoms with E-state index >= 15 is 0 Å². The molecule has 9 nitrogen and oxygen atoms in total. The van der Waals surface area contributed by atoms with Gasteiger partial charge in [0.15, 0.2) is 23.8 Å². The highest BCUT2D eigenvalue weighted by molar-refractivity contribution is 6.03. The van der Waals surface area contributed by atoms with E-state index in [2.05, 4.69) is 0 Å². The number of Topliss-reactive ketones (excluding diaryl/α,β-unsaturated/α-hetero) is 1. The second-order valence-corrected chi connectivity index (χ2v) is 9.80. The Balaban J connectivity index is 1.64. The summed E-state index contributed by atoms with van der Waals surface area (Å²) in [6.07, 6.45) is 3.82. The number of furan rings is 2. The Bertz CT molecular complexity index is 1200. The van der Waals surface area contributed by atoms with Gasteiger partial charge < -0.3 is 23.0 Å². The van der Waals surface area contributed by atoms with Gasteiger partial charge >= 0.3 is 11.9 Å². The van der Waals surface area contributed by atoms with E-state index in [1.165, 1.54) is 43.3 Å². The lowest BCUT2D eigenvalue weighted by atomic mass is 9.52. The van der Waals surface area contributed by atoms with Gasteiger partial charge in [-0.15, -0.1) is 0 Å². The van der Waals surface area contributed by atoms with Crippen LogP contribution in [0.2, 0.25) is 0 Å². The summed E-state index contributed by atoms with van der Waals surface area (Å²) in [4.78, 5) is 52.8. The Labute approximate surface area is 195 Å². The van der Waals surface area contributed by atoms with Crippen LogP contribution in [0, 0.1) is 11.3 Å². The standard InChI is InChI=1S/C25H24O9/c1-13-9-17(26)19(32-21(28)14-5-7-30-11-14)24(4)20(33-22(29)15-6-8-31-12-15)18(27)16-10-25(13,24)34-23(16,2)3/h5-9,11-12,16,19-20H,10H2,1-4H3/t16-,19+,20+,24-,25-/m0/s1. The molecule has 5 rings (SSSR count). The van der Waals surface area contributed by atoms with Gasteiger partial charge in [0, 0.05) is 0 Å². The number of rotatable bonds is 4. The molecule has 178 valence electrons. The Morgan fingerprint density at radius 1 is 0.941 bits per heavy atom. The zero-order chi connectivity index (χ0) is 24.5. The molecule has 0 amide bonds. The summed E-state index contributed by atoms with van der Waals surface area (Å²) < 4.78 is 27.9. The molecule has 2 aromatic rings. The van der Waals surface area contributed by atoms with Gasteiger partial charge in [-0.1, -0.05) is 0 Å². The molecule has 0 aromatic carbocycles. The first kappa shape index (κ1) is 22.3. The van der Waals surface area contributed by atoms with E-state index in [1.54, 1.807) is 27.7 Å². The molecule has 1 saturated carbocycles. The quantitative estimate of drug-likeness (QED) is 0.622. The van der Waals surface area contributed by atoms with Crippen molar-refractivity contribution in [3.05, 3.63) is 60.0 Å². The van der Waals surface area contributed by atoms with E-state index in [0.29, 0.717) is 5.57 Å². The fourth-order valence-corrected chi connectivity index (χ4v) is 5.75. The highest BCUT2D eigenvalue weighted by atomic mass is 16.6. The van der Waals surface area contributed by atoms with Crippen LogP contribution < -0.4 is 0 Å². The summed E-state index contributed by atoms with van der Waals surface area (Å²) in [5, 5.41) is 0. The second-order valence-electron chi connectivity index (χ2n) is 9.80. The molecule has 2 bridgehead atoms. The number of ether oxygens (including phenoxy) is 3. The monoisotopic (exact) mass is 468 g/mol. The fourth-order valence-electron chi connectivity index (χ4n) is 5.75. The summed E-state index contributed by atoms with van der Waals surface area (Å²) in [5.74, 6) is -3.09. The van der Waals surface area contributed by atoms with Crippen LogP contribution >= 0.6 is 0 Å². The Hall–Kier alpha value is -3.46. The SMILES string of the molecule is CC1=CC(=O)[C@@H](OC(=O)c2ccoc2)[C@@]2(C)[C@H](OC(=O)c3ccoc3)C(=O)[C@@H]3C[C@]12OC3(C)C. The maximum absolute atomic E-state index is 13.8. The predicted molar refractivity (Wildman–Crippen MR) is 114 cm³/mol. The molecule has 1 aliphatic heterocycles. The van der Waals surface area contributed by atoms with Crippen LogP contribution in [0.1, 0.15) is 54.8 Å². The summed E-state index contributed by atoms with van der Waals surface area (Å²) in [6, 6.07) is 2.82. The number of carbonyl (C=O) groups is 4. The topological polar surface area (TPSA) is 122 Å². The zero-order valence-corrected chi connectivity index (χ0v) is 19.2. The summed E-state index contributed by atoms with van der Waals surface area (Å²) in [6.45, 7) is 6.94. The number of esters is 2. The maximum Gasteiger partial charge on any atom is 0.342 e. The predicted octanol–water partition coefficient (Wildman–Crippen LogP) is 3.30. The molecule has 0 unspecified atom stereocenters. The normalized spacial score (nSPS) is 33.8. The maximum atomic E-state index is 13.8. The van der Waals surface area contributed by atoms with Crippen molar-refractivity contribution in [3.63, 3.8) is 0 Å². The first-order valence-electron chi connectivity index (χ1n) is 10.9. The van der Waals surface area contributed by atoms with Crippen molar-refractivity contribution in [2.45, 2.75) is 57.5 Å². The summed E-state index contributed by atoms with van der Waals surface area (Å²) in [7, 11) is 0. The third-order valence-electron chi connectivity index (χ3n) is 7.55. The number of fused-ring (bicyclic) bond motifs is 1. The molecule has 0 N–H and O–H groups in total. The molecule has 5 atom stereocenters. The first-order chi connectivity index (χ1) is 16.0. The van der Waals surface area contributed by atoms with Crippen molar-refractivity contribution in [1.82, 2.24) is 0 Å². The van der Waals surface area contributed by atoms with E-state index in [-0.39, 0.29) is 23.3 Å².